The van der Waals surface area contributed by atoms with E-state index in [2.05, 4.69) is 26.8 Å². The summed E-state index contributed by atoms with van der Waals surface area (Å²) in [5, 5.41) is 0. The van der Waals surface area contributed by atoms with Gasteiger partial charge in [-0.3, -0.25) is 0 Å². The number of benzene rings is 1. The third kappa shape index (κ3) is 2.56. The van der Waals surface area contributed by atoms with E-state index in [1.807, 2.05) is 18.2 Å². The van der Waals surface area contributed by atoms with E-state index in [1.54, 1.807) is 0 Å². The van der Waals surface area contributed by atoms with Crippen LogP contribution in [0.2, 0.25) is 0 Å². The van der Waals surface area contributed by atoms with Crippen molar-refractivity contribution in [1.82, 2.24) is 0 Å². The van der Waals surface area contributed by atoms with Crippen molar-refractivity contribution < 1.29 is 4.74 Å². The van der Waals surface area contributed by atoms with Crippen LogP contribution in [0.15, 0.2) is 24.3 Å². The third-order valence-corrected chi connectivity index (χ3v) is 2.97. The van der Waals surface area contributed by atoms with Gasteiger partial charge < -0.3 is 10.5 Å². The molecule has 2 rings (SSSR count). The Bertz CT molecular complexity index is 367. The van der Waals surface area contributed by atoms with Gasteiger partial charge in [-0.25, -0.2) is 0 Å². The average molecular weight is 219 g/mol. The largest absolute Gasteiger partial charge is 0.490 e. The minimum Gasteiger partial charge on any atom is -0.490 e. The maximum Gasteiger partial charge on any atom is 0.124 e. The van der Waals surface area contributed by atoms with E-state index < -0.39 is 0 Å². The molecule has 1 heterocycles. The van der Waals surface area contributed by atoms with Crippen molar-refractivity contribution in [3.8, 4) is 5.75 Å². The quantitative estimate of drug-likeness (QED) is 0.786. The number of rotatable bonds is 1. The van der Waals surface area contributed by atoms with Gasteiger partial charge in [-0.1, -0.05) is 39.0 Å². The van der Waals surface area contributed by atoms with Crippen molar-refractivity contribution in [2.24, 2.45) is 11.1 Å². The molecule has 1 unspecified atom stereocenters. The van der Waals surface area contributed by atoms with Crippen molar-refractivity contribution in [2.45, 2.75) is 45.8 Å². The van der Waals surface area contributed by atoms with Crippen LogP contribution in [0.5, 0.6) is 5.75 Å². The smallest absolute Gasteiger partial charge is 0.124 e. The van der Waals surface area contributed by atoms with E-state index in [4.69, 9.17) is 10.5 Å². The van der Waals surface area contributed by atoms with Crippen LogP contribution in [-0.2, 0) is 0 Å². The fourth-order valence-electron chi connectivity index (χ4n) is 2.34. The molecule has 1 aromatic carbocycles. The summed E-state index contributed by atoms with van der Waals surface area (Å²) in [7, 11) is 0. The first-order chi connectivity index (χ1) is 7.46. The molecule has 0 amide bonds. The van der Waals surface area contributed by atoms with E-state index >= 15 is 0 Å². The molecule has 2 nitrogen and oxygen atoms in total. The number of nitrogens with two attached hydrogens (primary N) is 1. The Morgan fingerprint density at radius 1 is 1.31 bits per heavy atom. The molecule has 1 aliphatic rings. The van der Waals surface area contributed by atoms with Gasteiger partial charge in [-0.05, 0) is 17.9 Å². The van der Waals surface area contributed by atoms with Gasteiger partial charge in [0, 0.05) is 18.0 Å². The van der Waals surface area contributed by atoms with Gasteiger partial charge >= 0.3 is 0 Å². The summed E-state index contributed by atoms with van der Waals surface area (Å²) < 4.78 is 6.00. The summed E-state index contributed by atoms with van der Waals surface area (Å²) in [6, 6.07) is 8.23. The number of hydrogen-bond acceptors (Lipinski definition) is 2. The number of para-hydroxylation sites is 1. The Morgan fingerprint density at radius 2 is 2.00 bits per heavy atom. The zero-order valence-electron chi connectivity index (χ0n) is 10.4. The molecule has 16 heavy (non-hydrogen) atoms. The summed E-state index contributed by atoms with van der Waals surface area (Å²) in [5.41, 5.74) is 7.61. The van der Waals surface area contributed by atoms with Gasteiger partial charge in [-0.15, -0.1) is 0 Å². The van der Waals surface area contributed by atoms with Crippen molar-refractivity contribution in [2.75, 3.05) is 0 Å². The van der Waals surface area contributed by atoms with Gasteiger partial charge in [0.25, 0.3) is 0 Å². The van der Waals surface area contributed by atoms with E-state index in [1.165, 1.54) is 0 Å². The molecule has 88 valence electrons. The summed E-state index contributed by atoms with van der Waals surface area (Å²) in [4.78, 5) is 0. The first-order valence-electron chi connectivity index (χ1n) is 5.97. The van der Waals surface area contributed by atoms with Gasteiger partial charge in [0.05, 0.1) is 0 Å². The highest BCUT2D eigenvalue weighted by Crippen LogP contribution is 2.36. The standard InChI is InChI=1S/C14H21NO/c1-14(2,3)9-10-8-12(15)11-6-4-5-7-13(11)16-10/h4-7,10,12H,8-9,15H2,1-3H3/t10?,12-/m0/s1. The van der Waals surface area contributed by atoms with Gasteiger partial charge in [0.1, 0.15) is 11.9 Å². The lowest BCUT2D eigenvalue weighted by Gasteiger charge is -2.33. The lowest BCUT2D eigenvalue weighted by molar-refractivity contribution is 0.112. The van der Waals surface area contributed by atoms with E-state index in [9.17, 15) is 0 Å². The highest BCUT2D eigenvalue weighted by molar-refractivity contribution is 5.37. The first kappa shape index (κ1) is 11.5. The molecule has 1 aromatic rings. The monoisotopic (exact) mass is 219 g/mol. The summed E-state index contributed by atoms with van der Waals surface area (Å²) in [6.07, 6.45) is 2.23. The van der Waals surface area contributed by atoms with E-state index in [0.717, 1.165) is 24.2 Å². The average Bonchev–Trinajstić information content (AvgIpc) is 2.15. The molecular formula is C14H21NO. The summed E-state index contributed by atoms with van der Waals surface area (Å²) in [6.45, 7) is 6.72. The van der Waals surface area contributed by atoms with Crippen LogP contribution in [0.3, 0.4) is 0 Å². The number of ether oxygens (including phenoxy) is 1. The van der Waals surface area contributed by atoms with Crippen molar-refractivity contribution in [3.05, 3.63) is 29.8 Å². The van der Waals surface area contributed by atoms with Crippen molar-refractivity contribution >= 4 is 0 Å². The minimum absolute atomic E-state index is 0.122. The summed E-state index contributed by atoms with van der Waals surface area (Å²) >= 11 is 0. The highest BCUT2D eigenvalue weighted by Gasteiger charge is 2.28. The lowest BCUT2D eigenvalue weighted by Crippen LogP contribution is -2.32. The normalized spacial score (nSPS) is 24.8. The van der Waals surface area contributed by atoms with Crippen LogP contribution in [0.1, 0.15) is 45.2 Å². The molecular weight excluding hydrogens is 198 g/mol. The molecule has 0 saturated heterocycles. The number of hydrogen-bond donors (Lipinski definition) is 1. The fraction of sp³-hybridized carbons (Fsp3) is 0.571. The van der Waals surface area contributed by atoms with Crippen LogP contribution in [-0.4, -0.2) is 6.10 Å². The minimum atomic E-state index is 0.122. The molecule has 2 heteroatoms. The van der Waals surface area contributed by atoms with Crippen LogP contribution in [0.4, 0.5) is 0 Å². The molecule has 0 saturated carbocycles. The topological polar surface area (TPSA) is 35.2 Å². The second-order valence-corrected chi connectivity index (χ2v) is 5.88. The second-order valence-electron chi connectivity index (χ2n) is 5.88. The Morgan fingerprint density at radius 3 is 2.69 bits per heavy atom. The predicted octanol–water partition coefficient (Wildman–Crippen LogP) is 3.27. The molecule has 0 spiro atoms. The Labute approximate surface area is 97.8 Å². The molecule has 2 atom stereocenters. The maximum atomic E-state index is 6.18. The molecule has 2 N–H and O–H groups in total. The maximum absolute atomic E-state index is 6.18. The predicted molar refractivity (Wildman–Crippen MR) is 66.5 cm³/mol. The zero-order chi connectivity index (χ0) is 11.8. The number of fused-ring (bicyclic) bond motifs is 1. The molecule has 0 aromatic heterocycles. The van der Waals surface area contributed by atoms with Gasteiger partial charge in [0.2, 0.25) is 0 Å². The van der Waals surface area contributed by atoms with E-state index in [0.29, 0.717) is 0 Å². The van der Waals surface area contributed by atoms with Crippen LogP contribution in [0, 0.1) is 5.41 Å². The lowest BCUT2D eigenvalue weighted by atomic mass is 9.85. The molecule has 1 aliphatic heterocycles. The van der Waals surface area contributed by atoms with Crippen molar-refractivity contribution in [3.63, 3.8) is 0 Å². The molecule has 0 aliphatic carbocycles. The van der Waals surface area contributed by atoms with Crippen LogP contribution in [0.25, 0.3) is 0 Å². The Hall–Kier alpha value is -1.02. The second kappa shape index (κ2) is 4.10. The first-order valence-corrected chi connectivity index (χ1v) is 5.97. The van der Waals surface area contributed by atoms with Crippen LogP contribution >= 0.6 is 0 Å². The van der Waals surface area contributed by atoms with Crippen molar-refractivity contribution in [1.29, 1.82) is 0 Å². The molecule has 0 radical (unpaired) electrons. The zero-order valence-corrected chi connectivity index (χ0v) is 10.4. The molecule has 0 bridgehead atoms. The van der Waals surface area contributed by atoms with Gasteiger partial charge in [0.15, 0.2) is 0 Å². The van der Waals surface area contributed by atoms with Crippen LogP contribution < -0.4 is 10.5 Å². The Kier molecular flexibility index (Phi) is 2.94. The SMILES string of the molecule is CC(C)(C)CC1C[C@H](N)c2ccccc2O1. The summed E-state index contributed by atoms with van der Waals surface area (Å²) in [5.74, 6) is 0.968. The Balaban J connectivity index is 2.15. The third-order valence-electron chi connectivity index (χ3n) is 2.97. The van der Waals surface area contributed by atoms with E-state index in [-0.39, 0.29) is 17.6 Å². The highest BCUT2D eigenvalue weighted by atomic mass is 16.5. The van der Waals surface area contributed by atoms with Gasteiger partial charge in [-0.2, -0.15) is 0 Å². The fourth-order valence-corrected chi connectivity index (χ4v) is 2.34. The molecule has 0 fully saturated rings.